The molecule has 1 fully saturated rings. The Balaban J connectivity index is 1.69. The second kappa shape index (κ2) is 6.26. The molecule has 18 heavy (non-hydrogen) atoms. The predicted molar refractivity (Wildman–Crippen MR) is 69.3 cm³/mol. The highest BCUT2D eigenvalue weighted by atomic mass is 16.3. The van der Waals surface area contributed by atoms with E-state index in [1.165, 1.54) is 0 Å². The number of hydrogen-bond acceptors (Lipinski definition) is 3. The summed E-state index contributed by atoms with van der Waals surface area (Å²) >= 11 is 0. The van der Waals surface area contributed by atoms with Gasteiger partial charge in [-0.1, -0.05) is 18.2 Å². The first-order valence-electron chi connectivity index (χ1n) is 6.25. The number of carbonyl (C=O) groups excluding carboxylic acids is 1. The minimum absolute atomic E-state index is 0.190. The number of para-hydroxylation sites is 1. The van der Waals surface area contributed by atoms with E-state index >= 15 is 0 Å². The molecule has 1 aliphatic rings. The van der Waals surface area contributed by atoms with Crippen LogP contribution in [0.3, 0.4) is 0 Å². The first-order valence-corrected chi connectivity index (χ1v) is 6.25. The van der Waals surface area contributed by atoms with Crippen molar-refractivity contribution in [3.05, 3.63) is 29.8 Å². The van der Waals surface area contributed by atoms with Crippen molar-refractivity contribution in [3.8, 4) is 5.75 Å². The first-order chi connectivity index (χ1) is 8.75. The van der Waals surface area contributed by atoms with E-state index in [9.17, 15) is 9.90 Å². The van der Waals surface area contributed by atoms with E-state index in [0.717, 1.165) is 25.1 Å². The SMILES string of the molecule is O=C(NCc1ccccc1O)NCC1CCNC1. The van der Waals surface area contributed by atoms with Gasteiger partial charge in [0.2, 0.25) is 0 Å². The third-order valence-corrected chi connectivity index (χ3v) is 3.14. The molecule has 0 bridgehead atoms. The van der Waals surface area contributed by atoms with Crippen LogP contribution < -0.4 is 16.0 Å². The summed E-state index contributed by atoms with van der Waals surface area (Å²) < 4.78 is 0. The van der Waals surface area contributed by atoms with Gasteiger partial charge in [-0.2, -0.15) is 0 Å². The van der Waals surface area contributed by atoms with E-state index in [1.807, 2.05) is 6.07 Å². The molecule has 2 amide bonds. The maximum absolute atomic E-state index is 11.6. The minimum Gasteiger partial charge on any atom is -0.508 e. The first kappa shape index (κ1) is 12.7. The molecule has 5 nitrogen and oxygen atoms in total. The summed E-state index contributed by atoms with van der Waals surface area (Å²) in [5.74, 6) is 0.735. The van der Waals surface area contributed by atoms with Crippen molar-refractivity contribution < 1.29 is 9.90 Å². The smallest absolute Gasteiger partial charge is 0.315 e. The van der Waals surface area contributed by atoms with E-state index in [0.29, 0.717) is 19.0 Å². The van der Waals surface area contributed by atoms with Gasteiger partial charge in [-0.25, -0.2) is 4.79 Å². The Morgan fingerprint density at radius 1 is 1.39 bits per heavy atom. The van der Waals surface area contributed by atoms with Crippen LogP contribution >= 0.6 is 0 Å². The standard InChI is InChI=1S/C13H19N3O2/c17-12-4-2-1-3-11(12)9-16-13(18)15-8-10-5-6-14-7-10/h1-4,10,14,17H,5-9H2,(H2,15,16,18). The second-order valence-electron chi connectivity index (χ2n) is 4.55. The molecule has 1 heterocycles. The number of aromatic hydroxyl groups is 1. The highest BCUT2D eigenvalue weighted by molar-refractivity contribution is 5.73. The van der Waals surface area contributed by atoms with Gasteiger partial charge in [0.15, 0.2) is 0 Å². The molecular weight excluding hydrogens is 230 g/mol. The summed E-state index contributed by atoms with van der Waals surface area (Å²) in [6, 6.07) is 6.80. The lowest BCUT2D eigenvalue weighted by Crippen LogP contribution is -2.38. The Morgan fingerprint density at radius 2 is 2.22 bits per heavy atom. The molecule has 0 radical (unpaired) electrons. The minimum atomic E-state index is -0.190. The van der Waals surface area contributed by atoms with Gasteiger partial charge in [-0.3, -0.25) is 0 Å². The lowest BCUT2D eigenvalue weighted by Gasteiger charge is -2.11. The van der Waals surface area contributed by atoms with Gasteiger partial charge >= 0.3 is 6.03 Å². The van der Waals surface area contributed by atoms with Crippen LogP contribution in [0, 0.1) is 5.92 Å². The van der Waals surface area contributed by atoms with Gasteiger partial charge in [-0.15, -0.1) is 0 Å². The number of benzene rings is 1. The lowest BCUT2D eigenvalue weighted by molar-refractivity contribution is 0.239. The van der Waals surface area contributed by atoms with Crippen molar-refractivity contribution in [1.82, 2.24) is 16.0 Å². The zero-order valence-corrected chi connectivity index (χ0v) is 10.3. The molecule has 1 saturated heterocycles. The zero-order valence-electron chi connectivity index (χ0n) is 10.3. The predicted octanol–water partition coefficient (Wildman–Crippen LogP) is 0.801. The average molecular weight is 249 g/mol. The van der Waals surface area contributed by atoms with Crippen LogP contribution in [0.25, 0.3) is 0 Å². The Morgan fingerprint density at radius 3 is 2.94 bits per heavy atom. The van der Waals surface area contributed by atoms with Crippen molar-refractivity contribution in [3.63, 3.8) is 0 Å². The molecule has 1 aromatic rings. The van der Waals surface area contributed by atoms with Gasteiger partial charge in [0, 0.05) is 18.7 Å². The molecule has 4 N–H and O–H groups in total. The molecular formula is C13H19N3O2. The summed E-state index contributed by atoms with van der Waals surface area (Å²) in [7, 11) is 0. The van der Waals surface area contributed by atoms with Crippen molar-refractivity contribution in [2.45, 2.75) is 13.0 Å². The van der Waals surface area contributed by atoms with Crippen molar-refractivity contribution in [2.75, 3.05) is 19.6 Å². The fraction of sp³-hybridized carbons (Fsp3) is 0.462. The van der Waals surface area contributed by atoms with E-state index in [1.54, 1.807) is 18.2 Å². The molecule has 0 spiro atoms. The van der Waals surface area contributed by atoms with Crippen molar-refractivity contribution in [1.29, 1.82) is 0 Å². The number of phenolic OH excluding ortho intramolecular Hbond substituents is 1. The number of urea groups is 1. The van der Waals surface area contributed by atoms with Gasteiger partial charge in [0.1, 0.15) is 5.75 Å². The van der Waals surface area contributed by atoms with Crippen molar-refractivity contribution >= 4 is 6.03 Å². The van der Waals surface area contributed by atoms with Crippen LogP contribution in [0.5, 0.6) is 5.75 Å². The molecule has 1 atom stereocenters. The summed E-state index contributed by atoms with van der Waals surface area (Å²) in [5, 5.41) is 18.4. The maximum atomic E-state index is 11.6. The molecule has 1 aromatic carbocycles. The topological polar surface area (TPSA) is 73.4 Å². The molecule has 1 aliphatic heterocycles. The van der Waals surface area contributed by atoms with E-state index < -0.39 is 0 Å². The van der Waals surface area contributed by atoms with Crippen LogP contribution in [0.15, 0.2) is 24.3 Å². The summed E-state index contributed by atoms with van der Waals surface area (Å²) in [4.78, 5) is 11.6. The quantitative estimate of drug-likeness (QED) is 0.638. The third-order valence-electron chi connectivity index (χ3n) is 3.14. The number of phenols is 1. The van der Waals surface area contributed by atoms with E-state index in [4.69, 9.17) is 0 Å². The Kier molecular flexibility index (Phi) is 4.41. The number of nitrogens with one attached hydrogen (secondary N) is 3. The Bertz CT molecular complexity index is 403. The van der Waals surface area contributed by atoms with Crippen LogP contribution in [-0.2, 0) is 6.54 Å². The van der Waals surface area contributed by atoms with Gasteiger partial charge in [0.05, 0.1) is 0 Å². The number of rotatable bonds is 4. The summed E-state index contributed by atoms with van der Waals surface area (Å²) in [6.07, 6.45) is 1.11. The molecule has 0 aromatic heterocycles. The van der Waals surface area contributed by atoms with Crippen LogP contribution in [0.2, 0.25) is 0 Å². The van der Waals surface area contributed by atoms with Crippen LogP contribution in [-0.4, -0.2) is 30.8 Å². The van der Waals surface area contributed by atoms with Crippen LogP contribution in [0.1, 0.15) is 12.0 Å². The summed E-state index contributed by atoms with van der Waals surface area (Å²) in [5.41, 5.74) is 0.718. The van der Waals surface area contributed by atoms with Gasteiger partial charge in [-0.05, 0) is 31.5 Å². The molecule has 0 saturated carbocycles. The highest BCUT2D eigenvalue weighted by Crippen LogP contribution is 2.14. The third kappa shape index (κ3) is 3.63. The fourth-order valence-electron chi connectivity index (χ4n) is 2.02. The Labute approximate surface area is 107 Å². The second-order valence-corrected chi connectivity index (χ2v) is 4.55. The molecule has 1 unspecified atom stereocenters. The number of carbonyl (C=O) groups is 1. The molecule has 0 aliphatic carbocycles. The van der Waals surface area contributed by atoms with Gasteiger partial charge < -0.3 is 21.1 Å². The number of amides is 2. The lowest BCUT2D eigenvalue weighted by atomic mass is 10.1. The normalized spacial score (nSPS) is 18.6. The molecule has 2 rings (SSSR count). The van der Waals surface area contributed by atoms with E-state index in [2.05, 4.69) is 16.0 Å². The van der Waals surface area contributed by atoms with Crippen LogP contribution in [0.4, 0.5) is 4.79 Å². The highest BCUT2D eigenvalue weighted by Gasteiger charge is 2.14. The van der Waals surface area contributed by atoms with E-state index in [-0.39, 0.29) is 11.8 Å². The fourth-order valence-corrected chi connectivity index (χ4v) is 2.02. The maximum Gasteiger partial charge on any atom is 0.315 e. The van der Waals surface area contributed by atoms with Crippen molar-refractivity contribution in [2.24, 2.45) is 5.92 Å². The average Bonchev–Trinajstić information content (AvgIpc) is 2.88. The number of hydrogen-bond donors (Lipinski definition) is 4. The largest absolute Gasteiger partial charge is 0.508 e. The van der Waals surface area contributed by atoms with Gasteiger partial charge in [0.25, 0.3) is 0 Å². The molecule has 5 heteroatoms. The zero-order chi connectivity index (χ0) is 12.8. The summed E-state index contributed by atoms with van der Waals surface area (Å²) in [6.45, 7) is 3.03. The Hall–Kier alpha value is -1.75. The monoisotopic (exact) mass is 249 g/mol. The molecule has 98 valence electrons.